The first kappa shape index (κ1) is 25.1. The van der Waals surface area contributed by atoms with Crippen molar-refractivity contribution in [3.8, 4) is 5.69 Å². The number of hydrogen-bond acceptors (Lipinski definition) is 5. The van der Waals surface area contributed by atoms with Crippen molar-refractivity contribution in [2.24, 2.45) is 5.92 Å². The fourth-order valence-electron chi connectivity index (χ4n) is 3.91. The number of hydrogen-bond donors (Lipinski definition) is 0. The lowest BCUT2D eigenvalue weighted by Crippen LogP contribution is -2.38. The number of carbonyl (C=O) groups excluding carboxylic acids is 2. The highest BCUT2D eigenvalue weighted by Gasteiger charge is 2.27. The van der Waals surface area contributed by atoms with Crippen molar-refractivity contribution >= 4 is 22.8 Å². The predicted octanol–water partition coefficient (Wildman–Crippen LogP) is 4.66. The average Bonchev–Trinajstić information content (AvgIpc) is 2.83. The Morgan fingerprint density at radius 1 is 1.00 bits per heavy atom. The zero-order chi connectivity index (χ0) is 24.7. The molecule has 0 saturated carbocycles. The van der Waals surface area contributed by atoms with Crippen LogP contribution in [0, 0.1) is 5.92 Å². The molecule has 3 aromatic rings. The minimum atomic E-state index is -0.481. The number of aromatic nitrogens is 2. The molecule has 3 rings (SSSR count). The summed E-state index contributed by atoms with van der Waals surface area (Å²) >= 11 is 0. The maximum Gasteiger partial charge on any atom is 0.306 e. The number of benzene rings is 2. The van der Waals surface area contributed by atoms with Gasteiger partial charge in [0, 0.05) is 13.0 Å². The minimum absolute atomic E-state index is 0.0220. The largest absolute Gasteiger partial charge is 0.466 e. The molecule has 2 aromatic carbocycles. The van der Waals surface area contributed by atoms with E-state index in [0.717, 1.165) is 6.42 Å². The average molecular weight is 464 g/mol. The van der Waals surface area contributed by atoms with Gasteiger partial charge in [0.1, 0.15) is 5.82 Å². The van der Waals surface area contributed by atoms with Gasteiger partial charge in [0.15, 0.2) is 0 Å². The lowest BCUT2D eigenvalue weighted by atomic mass is 10.1. The number of carbonyl (C=O) groups is 2. The van der Waals surface area contributed by atoms with Crippen molar-refractivity contribution in [3.63, 3.8) is 0 Å². The van der Waals surface area contributed by atoms with Crippen LogP contribution in [0.2, 0.25) is 0 Å². The second-order valence-corrected chi connectivity index (χ2v) is 8.71. The van der Waals surface area contributed by atoms with E-state index in [0.29, 0.717) is 34.9 Å². The number of rotatable bonds is 10. The second kappa shape index (κ2) is 11.6. The van der Waals surface area contributed by atoms with Crippen molar-refractivity contribution in [2.75, 3.05) is 13.2 Å². The highest BCUT2D eigenvalue weighted by atomic mass is 16.5. The molecule has 34 heavy (non-hydrogen) atoms. The number of fused-ring (bicyclic) bond motifs is 1. The van der Waals surface area contributed by atoms with Crippen molar-refractivity contribution < 1.29 is 14.3 Å². The van der Waals surface area contributed by atoms with Crippen LogP contribution in [0.1, 0.15) is 58.8 Å². The molecule has 0 spiro atoms. The Kier molecular flexibility index (Phi) is 8.57. The van der Waals surface area contributed by atoms with Gasteiger partial charge in [0.2, 0.25) is 5.91 Å². The summed E-state index contributed by atoms with van der Waals surface area (Å²) in [7, 11) is 0. The van der Waals surface area contributed by atoms with Crippen molar-refractivity contribution in [2.45, 2.75) is 53.0 Å². The van der Waals surface area contributed by atoms with Gasteiger partial charge in [-0.15, -0.1) is 0 Å². The van der Waals surface area contributed by atoms with Crippen LogP contribution in [0.3, 0.4) is 0 Å². The number of nitrogens with zero attached hydrogens (tertiary/aromatic N) is 3. The van der Waals surface area contributed by atoms with Crippen LogP contribution in [0.5, 0.6) is 0 Å². The topological polar surface area (TPSA) is 81.5 Å². The van der Waals surface area contributed by atoms with Gasteiger partial charge < -0.3 is 9.64 Å². The smallest absolute Gasteiger partial charge is 0.306 e. The Morgan fingerprint density at radius 2 is 1.68 bits per heavy atom. The highest BCUT2D eigenvalue weighted by Crippen LogP contribution is 2.24. The zero-order valence-corrected chi connectivity index (χ0v) is 20.4. The summed E-state index contributed by atoms with van der Waals surface area (Å²) in [5.74, 6) is 0.317. The first-order chi connectivity index (χ1) is 16.3. The molecule has 0 fully saturated rings. The van der Waals surface area contributed by atoms with E-state index in [1.165, 1.54) is 0 Å². The standard InChI is InChI=1S/C27H33N3O4/c1-5-34-25(32)16-15-24(31)29(18-17-19(2)3)20(4)26-28-23-14-10-9-13-22(23)27(33)30(26)21-11-7-6-8-12-21/h6-14,19-20H,5,15-18H2,1-4H3. The fourth-order valence-corrected chi connectivity index (χ4v) is 3.91. The van der Waals surface area contributed by atoms with Gasteiger partial charge in [0.05, 0.1) is 35.7 Å². The molecule has 7 nitrogen and oxygen atoms in total. The van der Waals surface area contributed by atoms with Gasteiger partial charge >= 0.3 is 5.97 Å². The van der Waals surface area contributed by atoms with E-state index >= 15 is 0 Å². The molecule has 1 unspecified atom stereocenters. The third-order valence-corrected chi connectivity index (χ3v) is 5.77. The second-order valence-electron chi connectivity index (χ2n) is 8.71. The first-order valence-electron chi connectivity index (χ1n) is 11.9. The van der Waals surface area contributed by atoms with E-state index in [4.69, 9.17) is 9.72 Å². The molecular formula is C27H33N3O4. The molecule has 1 aromatic heterocycles. The monoisotopic (exact) mass is 463 g/mol. The van der Waals surface area contributed by atoms with E-state index in [2.05, 4.69) is 13.8 Å². The molecule has 1 heterocycles. The van der Waals surface area contributed by atoms with Crippen LogP contribution in [-0.2, 0) is 14.3 Å². The first-order valence-corrected chi connectivity index (χ1v) is 11.9. The van der Waals surface area contributed by atoms with Gasteiger partial charge in [0.25, 0.3) is 5.56 Å². The summed E-state index contributed by atoms with van der Waals surface area (Å²) < 4.78 is 6.58. The normalized spacial score (nSPS) is 12.0. The van der Waals surface area contributed by atoms with Crippen LogP contribution in [0.15, 0.2) is 59.4 Å². The van der Waals surface area contributed by atoms with Crippen LogP contribution in [0.4, 0.5) is 0 Å². The fraction of sp³-hybridized carbons (Fsp3) is 0.407. The molecule has 1 amide bonds. The predicted molar refractivity (Wildman–Crippen MR) is 133 cm³/mol. The van der Waals surface area contributed by atoms with Crippen molar-refractivity contribution in [1.29, 1.82) is 0 Å². The Balaban J connectivity index is 2.07. The molecule has 180 valence electrons. The zero-order valence-electron chi connectivity index (χ0n) is 20.4. The molecule has 7 heteroatoms. The third kappa shape index (κ3) is 5.90. The van der Waals surface area contributed by atoms with Crippen molar-refractivity contribution in [3.05, 3.63) is 70.8 Å². The number of amides is 1. The summed E-state index contributed by atoms with van der Waals surface area (Å²) in [5.41, 5.74) is 1.10. The summed E-state index contributed by atoms with van der Waals surface area (Å²) in [6, 6.07) is 16.1. The van der Waals surface area contributed by atoms with E-state index in [1.54, 1.807) is 22.5 Å². The Labute approximate surface area is 200 Å². The van der Waals surface area contributed by atoms with Gasteiger partial charge in [-0.1, -0.05) is 44.2 Å². The summed E-state index contributed by atoms with van der Waals surface area (Å²) in [4.78, 5) is 45.3. The van der Waals surface area contributed by atoms with E-state index in [1.807, 2.05) is 55.5 Å². The maximum absolute atomic E-state index is 13.6. The SMILES string of the molecule is CCOC(=O)CCC(=O)N(CCC(C)C)C(C)c1nc2ccccc2c(=O)n1-c1ccccc1. The Bertz CT molecular complexity index is 1190. The summed E-state index contributed by atoms with van der Waals surface area (Å²) in [5, 5.41) is 0.518. The molecule has 1 atom stereocenters. The Morgan fingerprint density at radius 3 is 2.35 bits per heavy atom. The van der Waals surface area contributed by atoms with E-state index in [9.17, 15) is 14.4 Å². The molecule has 0 bridgehead atoms. The van der Waals surface area contributed by atoms with Crippen LogP contribution in [0.25, 0.3) is 16.6 Å². The van der Waals surface area contributed by atoms with Crippen LogP contribution in [-0.4, -0.2) is 39.5 Å². The van der Waals surface area contributed by atoms with Gasteiger partial charge in [-0.3, -0.25) is 19.0 Å². The highest BCUT2D eigenvalue weighted by molar-refractivity contribution is 5.82. The molecule has 0 aliphatic heterocycles. The number of para-hydroxylation sites is 2. The van der Waals surface area contributed by atoms with E-state index < -0.39 is 12.0 Å². The minimum Gasteiger partial charge on any atom is -0.466 e. The summed E-state index contributed by atoms with van der Waals surface area (Å²) in [6.45, 7) is 8.60. The third-order valence-electron chi connectivity index (χ3n) is 5.77. The molecular weight excluding hydrogens is 430 g/mol. The van der Waals surface area contributed by atoms with Crippen LogP contribution >= 0.6 is 0 Å². The van der Waals surface area contributed by atoms with Gasteiger partial charge in [-0.05, 0) is 50.5 Å². The molecule has 0 N–H and O–H groups in total. The lowest BCUT2D eigenvalue weighted by Gasteiger charge is -2.31. The molecule has 0 saturated heterocycles. The maximum atomic E-state index is 13.6. The number of ether oxygens (including phenoxy) is 1. The van der Waals surface area contributed by atoms with Crippen LogP contribution < -0.4 is 5.56 Å². The van der Waals surface area contributed by atoms with Gasteiger partial charge in [-0.25, -0.2) is 4.98 Å². The molecule has 0 radical (unpaired) electrons. The Hall–Kier alpha value is -3.48. The van der Waals surface area contributed by atoms with E-state index in [-0.39, 0.29) is 30.9 Å². The van der Waals surface area contributed by atoms with Crippen molar-refractivity contribution in [1.82, 2.24) is 14.5 Å². The summed E-state index contributed by atoms with van der Waals surface area (Å²) in [6.07, 6.45) is 0.858. The number of esters is 1. The lowest BCUT2D eigenvalue weighted by molar-refractivity contribution is -0.146. The van der Waals surface area contributed by atoms with Gasteiger partial charge in [-0.2, -0.15) is 0 Å². The molecule has 0 aliphatic rings. The molecule has 0 aliphatic carbocycles. The quantitative estimate of drug-likeness (QED) is 0.408.